The van der Waals surface area contributed by atoms with Gasteiger partial charge in [0.1, 0.15) is 5.65 Å². The third-order valence-corrected chi connectivity index (χ3v) is 9.39. The van der Waals surface area contributed by atoms with Crippen LogP contribution in [0.25, 0.3) is 88.7 Å². The highest BCUT2D eigenvalue weighted by Crippen LogP contribution is 2.40. The van der Waals surface area contributed by atoms with Crippen LogP contribution in [-0.2, 0) is 0 Å². The Hall–Kier alpha value is -6.59. The van der Waals surface area contributed by atoms with Crippen molar-refractivity contribution in [3.8, 4) is 34.0 Å². The maximum atomic E-state index is 5.26. The van der Waals surface area contributed by atoms with E-state index >= 15 is 0 Å². The first-order valence-electron chi connectivity index (χ1n) is 16.1. The highest BCUT2D eigenvalue weighted by molar-refractivity contribution is 6.15. The lowest BCUT2D eigenvalue weighted by atomic mass is 10.0. The molecule has 0 aliphatic rings. The van der Waals surface area contributed by atoms with Crippen LogP contribution in [0.5, 0.6) is 0 Å². The van der Waals surface area contributed by atoms with Crippen LogP contribution >= 0.6 is 0 Å². The van der Waals surface area contributed by atoms with E-state index in [0.717, 1.165) is 60.9 Å². The molecule has 48 heavy (non-hydrogen) atoms. The molecule has 10 rings (SSSR count). The van der Waals surface area contributed by atoms with Gasteiger partial charge in [0.2, 0.25) is 5.95 Å². The van der Waals surface area contributed by atoms with Crippen LogP contribution < -0.4 is 0 Å². The molecule has 0 spiro atoms. The minimum Gasteiger partial charge on any atom is -0.309 e. The van der Waals surface area contributed by atoms with Crippen molar-refractivity contribution >= 4 is 54.6 Å². The second-order valence-corrected chi connectivity index (χ2v) is 12.1. The Balaban J connectivity index is 1.28. The fourth-order valence-electron chi connectivity index (χ4n) is 7.29. The van der Waals surface area contributed by atoms with Crippen molar-refractivity contribution in [2.75, 3.05) is 0 Å². The molecule has 224 valence electrons. The fraction of sp³-hybridized carbons (Fsp3) is 0. The smallest absolute Gasteiger partial charge is 0.237 e. The van der Waals surface area contributed by atoms with Crippen molar-refractivity contribution in [2.24, 2.45) is 0 Å². The van der Waals surface area contributed by atoms with Gasteiger partial charge in [0.05, 0.1) is 27.8 Å². The maximum absolute atomic E-state index is 5.26. The minimum atomic E-state index is 0.597. The largest absolute Gasteiger partial charge is 0.309 e. The second-order valence-electron chi connectivity index (χ2n) is 12.1. The Morgan fingerprint density at radius 2 is 1.15 bits per heavy atom. The van der Waals surface area contributed by atoms with Gasteiger partial charge in [-0.15, -0.1) is 0 Å². The van der Waals surface area contributed by atoms with Crippen molar-refractivity contribution < 1.29 is 0 Å². The third kappa shape index (κ3) is 3.94. The first-order chi connectivity index (χ1) is 23.8. The molecule has 0 aliphatic carbocycles. The highest BCUT2D eigenvalue weighted by atomic mass is 15.2. The number of rotatable bonds is 4. The number of para-hydroxylation sites is 4. The van der Waals surface area contributed by atoms with Gasteiger partial charge in [-0.25, -0.2) is 15.0 Å². The van der Waals surface area contributed by atoms with Gasteiger partial charge in [-0.05, 0) is 48.0 Å². The van der Waals surface area contributed by atoms with Gasteiger partial charge in [-0.3, -0.25) is 4.57 Å². The quantitative estimate of drug-likeness (QED) is 0.198. The summed E-state index contributed by atoms with van der Waals surface area (Å²) in [6, 6.07) is 55.3. The number of pyridine rings is 1. The Morgan fingerprint density at radius 1 is 0.438 bits per heavy atom. The number of hydrogen-bond acceptors (Lipinski definition) is 3. The molecule has 10 aromatic rings. The Bertz CT molecular complexity index is 2830. The normalized spacial score (nSPS) is 11.8. The molecule has 0 N–H and O–H groups in total. The standard InChI is InChI=1S/C43H27N5/c1-3-13-28(14-4-1)40-36-18-7-9-22-37(36)45-43(46-40)48-39-27-29(24-25-33(39)35-21-12-26-44-42(35)48)31-19-11-20-34-32-17-8-10-23-38(32)47(41(31)34)30-15-5-2-6-16-30/h1-27H. The van der Waals surface area contributed by atoms with Crippen molar-refractivity contribution in [3.05, 3.63) is 164 Å². The van der Waals surface area contributed by atoms with Crippen molar-refractivity contribution in [1.82, 2.24) is 24.1 Å². The summed E-state index contributed by atoms with van der Waals surface area (Å²) in [6.07, 6.45) is 1.84. The van der Waals surface area contributed by atoms with Crippen LogP contribution in [0.2, 0.25) is 0 Å². The molecule has 5 nitrogen and oxygen atoms in total. The summed E-state index contributed by atoms with van der Waals surface area (Å²) in [6.45, 7) is 0. The van der Waals surface area contributed by atoms with Crippen LogP contribution in [0.15, 0.2) is 164 Å². The molecule has 0 bridgehead atoms. The van der Waals surface area contributed by atoms with Gasteiger partial charge in [-0.1, -0.05) is 115 Å². The topological polar surface area (TPSA) is 48.5 Å². The molecule has 0 aliphatic heterocycles. The lowest BCUT2D eigenvalue weighted by Gasteiger charge is -2.13. The minimum absolute atomic E-state index is 0.597. The van der Waals surface area contributed by atoms with Gasteiger partial charge in [-0.2, -0.15) is 0 Å². The SMILES string of the molecule is c1ccc(-c2nc(-n3c4cc(-c5cccc6c7ccccc7n(-c7ccccc7)c56)ccc4c4cccnc43)nc3ccccc23)cc1. The van der Waals surface area contributed by atoms with Crippen molar-refractivity contribution in [1.29, 1.82) is 0 Å². The number of hydrogen-bond donors (Lipinski definition) is 0. The zero-order valence-corrected chi connectivity index (χ0v) is 25.8. The summed E-state index contributed by atoms with van der Waals surface area (Å²) in [5.41, 5.74) is 10.4. The number of fused-ring (bicyclic) bond motifs is 7. The van der Waals surface area contributed by atoms with E-state index in [4.69, 9.17) is 15.0 Å². The molecule has 6 aromatic carbocycles. The summed E-state index contributed by atoms with van der Waals surface area (Å²) in [5.74, 6) is 0.597. The Kier molecular flexibility index (Phi) is 5.81. The predicted molar refractivity (Wildman–Crippen MR) is 197 cm³/mol. The zero-order valence-electron chi connectivity index (χ0n) is 25.8. The number of aromatic nitrogens is 5. The lowest BCUT2D eigenvalue weighted by molar-refractivity contribution is 0.998. The molecule has 4 aromatic heterocycles. The van der Waals surface area contributed by atoms with Gasteiger partial charge in [0.25, 0.3) is 0 Å². The van der Waals surface area contributed by atoms with Crippen LogP contribution in [0, 0.1) is 0 Å². The summed E-state index contributed by atoms with van der Waals surface area (Å²) in [4.78, 5) is 15.3. The molecule has 0 saturated heterocycles. The first kappa shape index (κ1) is 26.6. The molecule has 0 fully saturated rings. The van der Waals surface area contributed by atoms with E-state index in [1.165, 1.54) is 21.8 Å². The molecular weight excluding hydrogens is 587 g/mol. The maximum Gasteiger partial charge on any atom is 0.237 e. The average molecular weight is 614 g/mol. The second kappa shape index (κ2) is 10.5. The van der Waals surface area contributed by atoms with Crippen LogP contribution in [0.1, 0.15) is 0 Å². The summed E-state index contributed by atoms with van der Waals surface area (Å²) < 4.78 is 4.51. The lowest BCUT2D eigenvalue weighted by Crippen LogP contribution is -2.04. The van der Waals surface area contributed by atoms with Crippen LogP contribution in [0.4, 0.5) is 0 Å². The van der Waals surface area contributed by atoms with E-state index in [-0.39, 0.29) is 0 Å². The van der Waals surface area contributed by atoms with E-state index in [0.29, 0.717) is 5.95 Å². The summed E-state index contributed by atoms with van der Waals surface area (Å²) in [5, 5.41) is 5.64. The predicted octanol–water partition coefficient (Wildman–Crippen LogP) is 10.6. The van der Waals surface area contributed by atoms with E-state index in [1.807, 2.05) is 30.5 Å². The summed E-state index contributed by atoms with van der Waals surface area (Å²) >= 11 is 0. The van der Waals surface area contributed by atoms with Gasteiger partial charge in [0, 0.05) is 49.9 Å². The molecule has 0 atom stereocenters. The number of nitrogens with zero attached hydrogens (tertiary/aromatic N) is 5. The summed E-state index contributed by atoms with van der Waals surface area (Å²) in [7, 11) is 0. The number of benzene rings is 6. The Morgan fingerprint density at radius 3 is 2.02 bits per heavy atom. The highest BCUT2D eigenvalue weighted by Gasteiger charge is 2.20. The van der Waals surface area contributed by atoms with Gasteiger partial charge in [0.15, 0.2) is 0 Å². The van der Waals surface area contributed by atoms with Crippen molar-refractivity contribution in [2.45, 2.75) is 0 Å². The first-order valence-corrected chi connectivity index (χ1v) is 16.1. The molecular formula is C43H27N5. The van der Waals surface area contributed by atoms with Gasteiger partial charge >= 0.3 is 0 Å². The van der Waals surface area contributed by atoms with Crippen LogP contribution in [-0.4, -0.2) is 24.1 Å². The van der Waals surface area contributed by atoms with E-state index in [2.05, 4.69) is 143 Å². The Labute approximate surface area is 276 Å². The zero-order chi connectivity index (χ0) is 31.6. The molecule has 0 radical (unpaired) electrons. The molecule has 5 heteroatoms. The van der Waals surface area contributed by atoms with Crippen LogP contribution in [0.3, 0.4) is 0 Å². The molecule has 0 unspecified atom stereocenters. The van der Waals surface area contributed by atoms with E-state index in [9.17, 15) is 0 Å². The molecule has 4 heterocycles. The van der Waals surface area contributed by atoms with E-state index < -0.39 is 0 Å². The van der Waals surface area contributed by atoms with E-state index in [1.54, 1.807) is 0 Å². The fourth-order valence-corrected chi connectivity index (χ4v) is 7.29. The van der Waals surface area contributed by atoms with Crippen molar-refractivity contribution in [3.63, 3.8) is 0 Å². The molecule has 0 saturated carbocycles. The molecule has 0 amide bonds. The monoisotopic (exact) mass is 613 g/mol. The average Bonchev–Trinajstić information content (AvgIpc) is 3.68. The third-order valence-electron chi connectivity index (χ3n) is 9.39. The van der Waals surface area contributed by atoms with Gasteiger partial charge < -0.3 is 4.57 Å².